The van der Waals surface area contributed by atoms with Gasteiger partial charge < -0.3 is 9.84 Å². The second-order valence-electron chi connectivity index (χ2n) is 7.09. The molecule has 0 aliphatic carbocycles. The normalized spacial score (nSPS) is 18.7. The zero-order valence-electron chi connectivity index (χ0n) is 16.5. The van der Waals surface area contributed by atoms with Gasteiger partial charge >= 0.3 is 0 Å². The van der Waals surface area contributed by atoms with Gasteiger partial charge in [0.25, 0.3) is 0 Å². The first kappa shape index (κ1) is 20.9. The molecule has 0 bridgehead atoms. The van der Waals surface area contributed by atoms with Gasteiger partial charge in [-0.15, -0.1) is 0 Å². The van der Waals surface area contributed by atoms with Gasteiger partial charge in [-0.3, -0.25) is 10.3 Å². The molecule has 0 amide bonds. The van der Waals surface area contributed by atoms with Gasteiger partial charge in [0.05, 0.1) is 6.61 Å². The number of ether oxygens (including phenoxy) is 1. The number of aliphatic imine (C=N–C) groups is 1. The minimum atomic E-state index is -0.238. The third kappa shape index (κ3) is 4.53. The van der Waals surface area contributed by atoms with Gasteiger partial charge in [-0.05, 0) is 48.4 Å². The average molecular weight is 486 g/mol. The van der Waals surface area contributed by atoms with Crippen LogP contribution < -0.4 is 10.1 Å². The summed E-state index contributed by atoms with van der Waals surface area (Å²) < 4.78 is 6.61. The highest BCUT2D eigenvalue weighted by molar-refractivity contribution is 9.10. The summed E-state index contributed by atoms with van der Waals surface area (Å²) in [7, 11) is 0. The second kappa shape index (κ2) is 9.21. The van der Waals surface area contributed by atoms with E-state index in [4.69, 9.17) is 21.3 Å². The molecule has 0 saturated carbocycles. The van der Waals surface area contributed by atoms with Gasteiger partial charge in [0.15, 0.2) is 11.5 Å². The summed E-state index contributed by atoms with van der Waals surface area (Å²) in [6, 6.07) is 21.3. The number of hydrogen-bond donors (Lipinski definition) is 2. The van der Waals surface area contributed by atoms with E-state index in [1.165, 1.54) is 0 Å². The molecule has 0 fully saturated rings. The van der Waals surface area contributed by atoms with E-state index in [1.54, 1.807) is 6.07 Å². The first-order valence-electron chi connectivity index (χ1n) is 9.84. The number of rotatable bonds is 5. The first-order chi connectivity index (χ1) is 14.5. The van der Waals surface area contributed by atoms with Gasteiger partial charge in [-0.2, -0.15) is 0 Å². The number of benzene rings is 3. The standard InChI is InChI=1S/C24H22BrClN2O2/c1-2-30-22-5-3-4-19(23(22)29)21-14-20(15-8-12-18(26)13-9-15)27-24(28-21)16-6-10-17(25)11-7-16/h3-13,21,24,28-29H,2,14H2,1H3/t21-,24-/m0/s1. The Morgan fingerprint density at radius 1 is 1.10 bits per heavy atom. The number of halogens is 2. The smallest absolute Gasteiger partial charge is 0.162 e. The molecule has 0 aromatic heterocycles. The molecule has 3 aromatic rings. The summed E-state index contributed by atoms with van der Waals surface area (Å²) in [5, 5.41) is 15.1. The molecule has 0 spiro atoms. The first-order valence-corrected chi connectivity index (χ1v) is 11.0. The maximum Gasteiger partial charge on any atom is 0.162 e. The topological polar surface area (TPSA) is 53.8 Å². The van der Waals surface area contributed by atoms with Crippen LogP contribution in [0, 0.1) is 0 Å². The highest BCUT2D eigenvalue weighted by Crippen LogP contribution is 2.39. The zero-order valence-corrected chi connectivity index (χ0v) is 18.8. The maximum absolute atomic E-state index is 10.8. The van der Waals surface area contributed by atoms with E-state index in [0.717, 1.165) is 26.9 Å². The summed E-state index contributed by atoms with van der Waals surface area (Å²) in [6.45, 7) is 2.40. The van der Waals surface area contributed by atoms with E-state index in [-0.39, 0.29) is 18.0 Å². The summed E-state index contributed by atoms with van der Waals surface area (Å²) in [5.41, 5.74) is 3.83. The lowest BCUT2D eigenvalue weighted by atomic mass is 9.93. The summed E-state index contributed by atoms with van der Waals surface area (Å²) >= 11 is 9.57. The monoisotopic (exact) mass is 484 g/mol. The van der Waals surface area contributed by atoms with Crippen LogP contribution in [0.2, 0.25) is 5.02 Å². The van der Waals surface area contributed by atoms with Crippen molar-refractivity contribution in [2.75, 3.05) is 6.61 Å². The molecular weight excluding hydrogens is 464 g/mol. The van der Waals surface area contributed by atoms with Crippen LogP contribution in [0.5, 0.6) is 11.5 Å². The van der Waals surface area contributed by atoms with Crippen molar-refractivity contribution in [1.29, 1.82) is 0 Å². The third-order valence-corrected chi connectivity index (χ3v) is 5.89. The Balaban J connectivity index is 1.74. The van der Waals surface area contributed by atoms with Crippen LogP contribution in [0.25, 0.3) is 0 Å². The van der Waals surface area contributed by atoms with Crippen LogP contribution in [0.4, 0.5) is 0 Å². The van der Waals surface area contributed by atoms with Crippen molar-refractivity contribution in [3.8, 4) is 11.5 Å². The van der Waals surface area contributed by atoms with E-state index in [0.29, 0.717) is 23.8 Å². The highest BCUT2D eigenvalue weighted by atomic mass is 79.9. The summed E-state index contributed by atoms with van der Waals surface area (Å²) in [4.78, 5) is 4.98. The lowest BCUT2D eigenvalue weighted by Gasteiger charge is -2.31. The number of nitrogens with one attached hydrogen (secondary N) is 1. The van der Waals surface area contributed by atoms with E-state index >= 15 is 0 Å². The maximum atomic E-state index is 10.8. The molecule has 3 aromatic carbocycles. The number of phenolic OH excluding ortho intramolecular Hbond substituents is 1. The molecule has 4 rings (SSSR count). The molecule has 0 saturated heterocycles. The minimum absolute atomic E-state index is 0.123. The zero-order chi connectivity index (χ0) is 21.1. The van der Waals surface area contributed by atoms with Gasteiger partial charge in [0, 0.05) is 33.2 Å². The van der Waals surface area contributed by atoms with Crippen molar-refractivity contribution in [3.63, 3.8) is 0 Å². The van der Waals surface area contributed by atoms with Gasteiger partial charge in [-0.1, -0.05) is 63.9 Å². The van der Waals surface area contributed by atoms with Crippen LogP contribution in [0.1, 0.15) is 42.2 Å². The highest BCUT2D eigenvalue weighted by Gasteiger charge is 2.28. The molecule has 6 heteroatoms. The molecular formula is C24H22BrClN2O2. The fraction of sp³-hybridized carbons (Fsp3) is 0.208. The largest absolute Gasteiger partial charge is 0.504 e. The summed E-state index contributed by atoms with van der Waals surface area (Å²) in [5.74, 6) is 0.663. The van der Waals surface area contributed by atoms with Gasteiger partial charge in [0.1, 0.15) is 6.17 Å². The molecule has 154 valence electrons. The fourth-order valence-corrected chi connectivity index (χ4v) is 4.02. The van der Waals surface area contributed by atoms with Crippen LogP contribution in [0.3, 0.4) is 0 Å². The molecule has 4 nitrogen and oxygen atoms in total. The number of nitrogens with zero attached hydrogens (tertiary/aromatic N) is 1. The van der Waals surface area contributed by atoms with Gasteiger partial charge in [0.2, 0.25) is 0 Å². The van der Waals surface area contributed by atoms with E-state index < -0.39 is 0 Å². The fourth-order valence-electron chi connectivity index (χ4n) is 3.63. The molecule has 0 unspecified atom stereocenters. The molecule has 2 atom stereocenters. The molecule has 1 aliphatic heterocycles. The van der Waals surface area contributed by atoms with E-state index in [1.807, 2.05) is 67.6 Å². The molecule has 1 aliphatic rings. The van der Waals surface area contributed by atoms with Crippen molar-refractivity contribution < 1.29 is 9.84 Å². The minimum Gasteiger partial charge on any atom is -0.504 e. The van der Waals surface area contributed by atoms with Crippen molar-refractivity contribution in [2.45, 2.75) is 25.6 Å². The SMILES string of the molecule is CCOc1cccc([C@@H]2CC(c3ccc(Cl)cc3)=N[C@H](c3ccc(Br)cc3)N2)c1O. The molecule has 0 radical (unpaired) electrons. The Labute approximate surface area is 189 Å². The molecule has 1 heterocycles. The number of phenols is 1. The Morgan fingerprint density at radius 2 is 1.83 bits per heavy atom. The lowest BCUT2D eigenvalue weighted by molar-refractivity contribution is 0.313. The molecule has 30 heavy (non-hydrogen) atoms. The second-order valence-corrected chi connectivity index (χ2v) is 8.44. The van der Waals surface area contributed by atoms with Gasteiger partial charge in [-0.25, -0.2) is 0 Å². The Bertz CT molecular complexity index is 1050. The predicted octanol–water partition coefficient (Wildman–Crippen LogP) is 6.43. The number of hydrogen-bond acceptors (Lipinski definition) is 4. The van der Waals surface area contributed by atoms with Crippen LogP contribution in [-0.4, -0.2) is 17.4 Å². The number of aromatic hydroxyl groups is 1. The quantitative estimate of drug-likeness (QED) is 0.438. The van der Waals surface area contributed by atoms with Crippen molar-refractivity contribution in [2.24, 2.45) is 4.99 Å². The number of para-hydroxylation sites is 1. The van der Waals surface area contributed by atoms with Crippen LogP contribution >= 0.6 is 27.5 Å². The lowest BCUT2D eigenvalue weighted by Crippen LogP contribution is -2.33. The predicted molar refractivity (Wildman–Crippen MR) is 125 cm³/mol. The van der Waals surface area contributed by atoms with Crippen LogP contribution in [-0.2, 0) is 0 Å². The van der Waals surface area contributed by atoms with Crippen molar-refractivity contribution in [1.82, 2.24) is 5.32 Å². The van der Waals surface area contributed by atoms with E-state index in [9.17, 15) is 5.11 Å². The Kier molecular flexibility index (Phi) is 6.42. The summed E-state index contributed by atoms with van der Waals surface area (Å²) in [6.07, 6.45) is 0.398. The Morgan fingerprint density at radius 3 is 2.53 bits per heavy atom. The molecule has 2 N–H and O–H groups in total. The Hall–Kier alpha value is -2.34. The van der Waals surface area contributed by atoms with Crippen LogP contribution in [0.15, 0.2) is 76.2 Å². The van der Waals surface area contributed by atoms with Crippen molar-refractivity contribution >= 4 is 33.2 Å². The third-order valence-electron chi connectivity index (χ3n) is 5.11. The van der Waals surface area contributed by atoms with Crippen molar-refractivity contribution in [3.05, 3.63) is 92.9 Å². The van der Waals surface area contributed by atoms with E-state index in [2.05, 4.69) is 21.2 Å². The average Bonchev–Trinajstić information content (AvgIpc) is 2.76.